The van der Waals surface area contributed by atoms with Crippen LogP contribution in [-0.2, 0) is 14.4 Å². The molecule has 0 unspecified atom stereocenters. The Morgan fingerprint density at radius 1 is 1.04 bits per heavy atom. The second kappa shape index (κ2) is 7.03. The highest BCUT2D eigenvalue weighted by Gasteiger charge is 2.38. The number of aliphatic carboxylic acids is 1. The molecule has 1 saturated carbocycles. The van der Waals surface area contributed by atoms with Gasteiger partial charge in [-0.05, 0) is 31.2 Å². The number of piperazine rings is 1. The Kier molecular flexibility index (Phi) is 4.83. The van der Waals surface area contributed by atoms with Crippen LogP contribution in [0.2, 0.25) is 0 Å². The molecule has 3 rings (SSSR count). The molecule has 1 aliphatic heterocycles. The Morgan fingerprint density at radius 3 is 2.29 bits per heavy atom. The quantitative estimate of drug-likeness (QED) is 0.881. The lowest BCUT2D eigenvalue weighted by Crippen LogP contribution is -2.53. The summed E-state index contributed by atoms with van der Waals surface area (Å²) < 4.78 is 0. The van der Waals surface area contributed by atoms with E-state index in [1.54, 1.807) is 4.90 Å². The van der Waals surface area contributed by atoms with Crippen molar-refractivity contribution in [2.45, 2.75) is 31.7 Å². The van der Waals surface area contributed by atoms with E-state index in [0.717, 1.165) is 5.56 Å². The van der Waals surface area contributed by atoms with Gasteiger partial charge in [0.25, 0.3) is 0 Å². The van der Waals surface area contributed by atoms with Crippen molar-refractivity contribution in [2.75, 3.05) is 13.1 Å². The minimum absolute atomic E-state index is 0.0254. The first-order chi connectivity index (χ1) is 11.6. The molecule has 2 amide bonds. The molecule has 0 bridgehead atoms. The van der Waals surface area contributed by atoms with Crippen molar-refractivity contribution >= 4 is 17.8 Å². The molecule has 6 heteroatoms. The monoisotopic (exact) mass is 330 g/mol. The summed E-state index contributed by atoms with van der Waals surface area (Å²) in [4.78, 5) is 38.0. The first-order valence-corrected chi connectivity index (χ1v) is 8.44. The van der Waals surface area contributed by atoms with E-state index in [-0.39, 0.29) is 23.7 Å². The van der Waals surface area contributed by atoms with Gasteiger partial charge in [-0.3, -0.25) is 14.4 Å². The molecular formula is C18H22N2O4. The maximum atomic E-state index is 13.0. The van der Waals surface area contributed by atoms with Crippen LogP contribution in [0.3, 0.4) is 0 Å². The van der Waals surface area contributed by atoms with Crippen LogP contribution in [-0.4, -0.2) is 40.9 Å². The highest BCUT2D eigenvalue weighted by Crippen LogP contribution is 2.33. The zero-order valence-electron chi connectivity index (χ0n) is 13.5. The van der Waals surface area contributed by atoms with Gasteiger partial charge in [-0.15, -0.1) is 0 Å². The number of hydrogen-bond donors (Lipinski definition) is 2. The van der Waals surface area contributed by atoms with Crippen LogP contribution in [0.5, 0.6) is 0 Å². The molecular weight excluding hydrogens is 308 g/mol. The molecule has 1 aliphatic carbocycles. The Balaban J connectivity index is 1.75. The van der Waals surface area contributed by atoms with Gasteiger partial charge in [0.15, 0.2) is 0 Å². The lowest BCUT2D eigenvalue weighted by Gasteiger charge is -2.38. The smallest absolute Gasteiger partial charge is 0.306 e. The number of carboxylic acid groups (broad SMARTS) is 1. The molecule has 0 radical (unpaired) electrons. The van der Waals surface area contributed by atoms with E-state index in [1.165, 1.54) is 0 Å². The summed E-state index contributed by atoms with van der Waals surface area (Å²) >= 11 is 0. The van der Waals surface area contributed by atoms with Crippen LogP contribution in [0.1, 0.15) is 37.3 Å². The van der Waals surface area contributed by atoms with Crippen molar-refractivity contribution in [2.24, 2.45) is 11.8 Å². The largest absolute Gasteiger partial charge is 0.481 e. The molecule has 1 aromatic carbocycles. The van der Waals surface area contributed by atoms with Crippen LogP contribution >= 0.6 is 0 Å². The van der Waals surface area contributed by atoms with Gasteiger partial charge in [0.05, 0.1) is 5.92 Å². The average molecular weight is 330 g/mol. The molecule has 1 aromatic rings. The van der Waals surface area contributed by atoms with E-state index in [1.807, 2.05) is 30.3 Å². The summed E-state index contributed by atoms with van der Waals surface area (Å²) in [6.07, 6.45) is 2.22. The van der Waals surface area contributed by atoms with E-state index in [4.69, 9.17) is 5.11 Å². The first-order valence-electron chi connectivity index (χ1n) is 8.44. The molecule has 1 heterocycles. The third-order valence-electron chi connectivity index (χ3n) is 5.04. The van der Waals surface area contributed by atoms with Gasteiger partial charge in [0, 0.05) is 19.0 Å². The third-order valence-corrected chi connectivity index (χ3v) is 5.04. The lowest BCUT2D eigenvalue weighted by molar-refractivity contribution is -0.149. The van der Waals surface area contributed by atoms with Crippen LogP contribution in [0.25, 0.3) is 0 Å². The number of benzene rings is 1. The molecule has 2 fully saturated rings. The van der Waals surface area contributed by atoms with Gasteiger partial charge in [-0.1, -0.05) is 30.3 Å². The van der Waals surface area contributed by atoms with Crippen LogP contribution < -0.4 is 5.32 Å². The molecule has 6 nitrogen and oxygen atoms in total. The SMILES string of the molecule is O=C(O)C1CCC(C(=O)N2CCNC(=O)[C@H]2c2ccccc2)CC1. The summed E-state index contributed by atoms with van der Waals surface area (Å²) in [5.41, 5.74) is 0.808. The number of carbonyl (C=O) groups excluding carboxylic acids is 2. The normalized spacial score (nSPS) is 27.4. The number of rotatable bonds is 3. The maximum Gasteiger partial charge on any atom is 0.306 e. The number of carbonyl (C=O) groups is 3. The van der Waals surface area contributed by atoms with E-state index >= 15 is 0 Å². The Morgan fingerprint density at radius 2 is 1.67 bits per heavy atom. The predicted octanol–water partition coefficient (Wildman–Crippen LogP) is 1.58. The van der Waals surface area contributed by atoms with Crippen molar-refractivity contribution in [3.05, 3.63) is 35.9 Å². The molecule has 1 atom stereocenters. The minimum Gasteiger partial charge on any atom is -0.481 e. The Labute approximate surface area is 140 Å². The fourth-order valence-electron chi connectivity index (χ4n) is 3.69. The summed E-state index contributed by atoms with van der Waals surface area (Å²) in [7, 11) is 0. The van der Waals surface area contributed by atoms with Crippen molar-refractivity contribution in [3.8, 4) is 0 Å². The van der Waals surface area contributed by atoms with Crippen LogP contribution in [0.4, 0.5) is 0 Å². The summed E-state index contributed by atoms with van der Waals surface area (Å²) in [5.74, 6) is -1.48. The van der Waals surface area contributed by atoms with E-state index in [2.05, 4.69) is 5.32 Å². The van der Waals surface area contributed by atoms with Crippen molar-refractivity contribution in [3.63, 3.8) is 0 Å². The molecule has 2 N–H and O–H groups in total. The number of carboxylic acids is 1. The Bertz CT molecular complexity index is 623. The van der Waals surface area contributed by atoms with Gasteiger partial charge in [0.1, 0.15) is 6.04 Å². The van der Waals surface area contributed by atoms with Gasteiger partial charge >= 0.3 is 5.97 Å². The number of nitrogens with one attached hydrogen (secondary N) is 1. The fourth-order valence-corrected chi connectivity index (χ4v) is 3.69. The zero-order chi connectivity index (χ0) is 17.1. The van der Waals surface area contributed by atoms with Gasteiger partial charge in [0.2, 0.25) is 11.8 Å². The van der Waals surface area contributed by atoms with Crippen LogP contribution in [0, 0.1) is 11.8 Å². The van der Waals surface area contributed by atoms with E-state index in [9.17, 15) is 14.4 Å². The van der Waals surface area contributed by atoms with Crippen molar-refractivity contribution in [1.82, 2.24) is 10.2 Å². The standard InChI is InChI=1S/C18H22N2O4/c21-16-15(12-4-2-1-3-5-12)20(11-10-19-16)17(22)13-6-8-14(9-7-13)18(23)24/h1-5,13-15H,6-11H2,(H,19,21)(H,23,24)/t13?,14?,15-/m1/s1. The number of nitrogens with zero attached hydrogens (tertiary/aromatic N) is 1. The minimum atomic E-state index is -0.777. The molecule has 0 aromatic heterocycles. The topological polar surface area (TPSA) is 86.7 Å². The first kappa shape index (κ1) is 16.5. The summed E-state index contributed by atoms with van der Waals surface area (Å²) in [6, 6.07) is 8.72. The van der Waals surface area contributed by atoms with Gasteiger partial charge in [-0.2, -0.15) is 0 Å². The second-order valence-electron chi connectivity index (χ2n) is 6.52. The number of hydrogen-bond acceptors (Lipinski definition) is 3. The molecule has 128 valence electrons. The predicted molar refractivity (Wildman–Crippen MR) is 87.0 cm³/mol. The van der Waals surface area contributed by atoms with Crippen molar-refractivity contribution < 1.29 is 19.5 Å². The van der Waals surface area contributed by atoms with E-state index < -0.39 is 12.0 Å². The van der Waals surface area contributed by atoms with Crippen molar-refractivity contribution in [1.29, 1.82) is 0 Å². The van der Waals surface area contributed by atoms with Gasteiger partial charge < -0.3 is 15.3 Å². The molecule has 1 saturated heterocycles. The third kappa shape index (κ3) is 3.27. The molecule has 24 heavy (non-hydrogen) atoms. The highest BCUT2D eigenvalue weighted by atomic mass is 16.4. The summed E-state index contributed by atoms with van der Waals surface area (Å²) in [5, 5.41) is 11.9. The maximum absolute atomic E-state index is 13.0. The fraction of sp³-hybridized carbons (Fsp3) is 0.500. The number of amides is 2. The lowest BCUT2D eigenvalue weighted by atomic mass is 9.81. The zero-order valence-corrected chi connectivity index (χ0v) is 13.5. The second-order valence-corrected chi connectivity index (χ2v) is 6.52. The molecule has 0 spiro atoms. The van der Waals surface area contributed by atoms with Gasteiger partial charge in [-0.25, -0.2) is 0 Å². The average Bonchev–Trinajstić information content (AvgIpc) is 2.61. The highest BCUT2D eigenvalue weighted by molar-refractivity contribution is 5.90. The van der Waals surface area contributed by atoms with E-state index in [0.29, 0.717) is 38.8 Å². The molecule has 2 aliphatic rings. The summed E-state index contributed by atoms with van der Waals surface area (Å²) in [6.45, 7) is 0.946. The Hall–Kier alpha value is -2.37. The van der Waals surface area contributed by atoms with Crippen LogP contribution in [0.15, 0.2) is 30.3 Å².